The van der Waals surface area contributed by atoms with E-state index in [2.05, 4.69) is 87.9 Å². The summed E-state index contributed by atoms with van der Waals surface area (Å²) in [6.07, 6.45) is 5.84. The minimum Gasteiger partial charge on any atom is -0.309 e. The maximum absolute atomic E-state index is 4.10. The fourth-order valence-electron chi connectivity index (χ4n) is 3.61. The maximum atomic E-state index is 4.10. The molecule has 1 heterocycles. The molecule has 0 aliphatic heterocycles. The third kappa shape index (κ3) is 7.27. The Hall–Kier alpha value is -2.71. The Morgan fingerprint density at radius 2 is 1.47 bits per heavy atom. The van der Waals surface area contributed by atoms with Gasteiger partial charge in [0.15, 0.2) is 0 Å². The number of aryl methyl sites for hydroxylation is 4. The Balaban J connectivity index is 0.000000297. The summed E-state index contributed by atoms with van der Waals surface area (Å²) in [5.41, 5.74) is 10.5. The molecule has 3 aromatic rings. The van der Waals surface area contributed by atoms with Gasteiger partial charge in [-0.25, -0.2) is 0 Å². The van der Waals surface area contributed by atoms with E-state index < -0.39 is 0 Å². The molecule has 1 N–H and O–H groups in total. The van der Waals surface area contributed by atoms with Crippen molar-refractivity contribution < 1.29 is 0 Å². The molecule has 2 nitrogen and oxygen atoms in total. The molecule has 0 atom stereocenters. The highest BCUT2D eigenvalue weighted by Gasteiger charge is 2.07. The summed E-state index contributed by atoms with van der Waals surface area (Å²) in [6.45, 7) is 16.6. The molecule has 3 rings (SSSR count). The molecule has 0 radical (unpaired) electrons. The molecule has 1 aromatic heterocycles. The van der Waals surface area contributed by atoms with Gasteiger partial charge in [0.25, 0.3) is 0 Å². The third-order valence-corrected chi connectivity index (χ3v) is 5.22. The highest BCUT2D eigenvalue weighted by Crippen LogP contribution is 2.24. The number of hydrogen-bond donors (Lipinski definition) is 1. The largest absolute Gasteiger partial charge is 0.309 e. The predicted octanol–water partition coefficient (Wildman–Crippen LogP) is 6.83. The molecule has 2 aromatic carbocycles. The van der Waals surface area contributed by atoms with E-state index >= 15 is 0 Å². The van der Waals surface area contributed by atoms with Crippen LogP contribution in [0.5, 0.6) is 0 Å². The van der Waals surface area contributed by atoms with Crippen LogP contribution in [0.15, 0.2) is 67.5 Å². The number of hydrogen-bond acceptors (Lipinski definition) is 2. The van der Waals surface area contributed by atoms with Crippen LogP contribution in [0.3, 0.4) is 0 Å². The number of nitrogens with one attached hydrogen (secondary N) is 1. The summed E-state index contributed by atoms with van der Waals surface area (Å²) in [6, 6.07) is 17.3. The van der Waals surface area contributed by atoms with Gasteiger partial charge in [-0.3, -0.25) is 4.98 Å². The standard InChI is InChI=1S/C19H24N2.C9H12/c1-5-18-11-17(10-15(4)19(18)14(2)3)13-21-12-16-6-8-20-9-7-16;1-3-9-6-4-8(2)5-7-9/h6-11,21H,2,5,12-13H2,1,3-4H3;4-7H,3H2,1-2H3. The van der Waals surface area contributed by atoms with Gasteiger partial charge in [0.2, 0.25) is 0 Å². The lowest BCUT2D eigenvalue weighted by Gasteiger charge is -2.15. The van der Waals surface area contributed by atoms with Gasteiger partial charge in [-0.1, -0.05) is 68.0 Å². The molecule has 0 saturated heterocycles. The van der Waals surface area contributed by atoms with Crippen LogP contribution >= 0.6 is 0 Å². The zero-order valence-electron chi connectivity index (χ0n) is 19.3. The fourth-order valence-corrected chi connectivity index (χ4v) is 3.61. The first-order chi connectivity index (χ1) is 14.4. The first-order valence-electron chi connectivity index (χ1n) is 10.9. The monoisotopic (exact) mass is 400 g/mol. The van der Waals surface area contributed by atoms with Crippen LogP contribution in [0, 0.1) is 13.8 Å². The first kappa shape index (κ1) is 23.6. The molecule has 0 fully saturated rings. The fraction of sp³-hybridized carbons (Fsp3) is 0.321. The molecule has 30 heavy (non-hydrogen) atoms. The Bertz CT molecular complexity index is 925. The van der Waals surface area contributed by atoms with Gasteiger partial charge < -0.3 is 5.32 Å². The smallest absolute Gasteiger partial charge is 0.0271 e. The molecular weight excluding hydrogens is 364 g/mol. The summed E-state index contributed by atoms with van der Waals surface area (Å²) < 4.78 is 0. The molecule has 0 saturated carbocycles. The Morgan fingerprint density at radius 1 is 0.833 bits per heavy atom. The van der Waals surface area contributed by atoms with Crippen molar-refractivity contribution in [2.75, 3.05) is 0 Å². The second-order valence-electron chi connectivity index (χ2n) is 7.88. The van der Waals surface area contributed by atoms with Crippen molar-refractivity contribution in [3.8, 4) is 0 Å². The third-order valence-electron chi connectivity index (χ3n) is 5.22. The highest BCUT2D eigenvalue weighted by molar-refractivity contribution is 5.68. The van der Waals surface area contributed by atoms with Crippen LogP contribution in [0.1, 0.15) is 59.7 Å². The van der Waals surface area contributed by atoms with Crippen molar-refractivity contribution in [2.24, 2.45) is 0 Å². The van der Waals surface area contributed by atoms with Crippen molar-refractivity contribution in [3.05, 3.63) is 106 Å². The lowest BCUT2D eigenvalue weighted by Crippen LogP contribution is -2.13. The van der Waals surface area contributed by atoms with Gasteiger partial charge in [-0.15, -0.1) is 0 Å². The van der Waals surface area contributed by atoms with E-state index in [-0.39, 0.29) is 0 Å². The molecule has 0 aliphatic rings. The van der Waals surface area contributed by atoms with E-state index in [1.165, 1.54) is 38.9 Å². The molecule has 0 amide bonds. The first-order valence-corrected chi connectivity index (χ1v) is 10.9. The van der Waals surface area contributed by atoms with Crippen LogP contribution in [-0.4, -0.2) is 4.98 Å². The second-order valence-corrected chi connectivity index (χ2v) is 7.88. The Kier molecular flexibility index (Phi) is 9.50. The average molecular weight is 401 g/mol. The van der Waals surface area contributed by atoms with Crippen LogP contribution in [0.2, 0.25) is 0 Å². The van der Waals surface area contributed by atoms with E-state index in [0.717, 1.165) is 31.5 Å². The zero-order chi connectivity index (χ0) is 21.9. The number of benzene rings is 2. The van der Waals surface area contributed by atoms with Crippen molar-refractivity contribution >= 4 is 5.57 Å². The second kappa shape index (κ2) is 12.1. The molecule has 2 heteroatoms. The topological polar surface area (TPSA) is 24.9 Å². The predicted molar refractivity (Wildman–Crippen MR) is 131 cm³/mol. The zero-order valence-corrected chi connectivity index (χ0v) is 19.3. The van der Waals surface area contributed by atoms with Crippen LogP contribution in [-0.2, 0) is 25.9 Å². The van der Waals surface area contributed by atoms with Crippen molar-refractivity contribution in [2.45, 2.75) is 60.5 Å². The maximum Gasteiger partial charge on any atom is 0.0271 e. The summed E-state index contributed by atoms with van der Waals surface area (Å²) in [7, 11) is 0. The normalized spacial score (nSPS) is 10.3. The van der Waals surface area contributed by atoms with E-state index in [9.17, 15) is 0 Å². The van der Waals surface area contributed by atoms with Crippen LogP contribution < -0.4 is 5.32 Å². The molecule has 0 aliphatic carbocycles. The van der Waals surface area contributed by atoms with Crippen LogP contribution in [0.25, 0.3) is 5.57 Å². The van der Waals surface area contributed by atoms with Gasteiger partial charge in [0.05, 0.1) is 0 Å². The van der Waals surface area contributed by atoms with E-state index in [1.54, 1.807) is 0 Å². The number of pyridine rings is 1. The van der Waals surface area contributed by atoms with Crippen molar-refractivity contribution in [1.29, 1.82) is 0 Å². The summed E-state index contributed by atoms with van der Waals surface area (Å²) in [5.74, 6) is 0. The molecule has 0 spiro atoms. The quantitative estimate of drug-likeness (QED) is 0.470. The highest BCUT2D eigenvalue weighted by atomic mass is 14.8. The summed E-state index contributed by atoms with van der Waals surface area (Å²) >= 11 is 0. The number of rotatable bonds is 7. The minimum absolute atomic E-state index is 0.866. The number of aromatic nitrogens is 1. The lowest BCUT2D eigenvalue weighted by atomic mass is 9.93. The molecular formula is C28H36N2. The van der Waals surface area contributed by atoms with Gasteiger partial charge in [-0.2, -0.15) is 0 Å². The SMILES string of the molecule is C=C(C)c1c(C)cc(CNCc2ccncc2)cc1CC.CCc1ccc(C)cc1. The average Bonchev–Trinajstić information content (AvgIpc) is 2.75. The van der Waals surface area contributed by atoms with Crippen molar-refractivity contribution in [1.82, 2.24) is 10.3 Å². The van der Waals surface area contributed by atoms with Crippen LogP contribution in [0.4, 0.5) is 0 Å². The summed E-state index contributed by atoms with van der Waals surface area (Å²) in [4.78, 5) is 4.04. The van der Waals surface area contributed by atoms with Gasteiger partial charge in [0.1, 0.15) is 0 Å². The Labute approximate surface area is 183 Å². The summed E-state index contributed by atoms with van der Waals surface area (Å²) in [5, 5.41) is 3.49. The van der Waals surface area contributed by atoms with Gasteiger partial charge in [0, 0.05) is 25.5 Å². The number of allylic oxidation sites excluding steroid dienone is 1. The van der Waals surface area contributed by atoms with E-state index in [1.807, 2.05) is 24.5 Å². The Morgan fingerprint density at radius 3 is 2.03 bits per heavy atom. The molecule has 0 bridgehead atoms. The van der Waals surface area contributed by atoms with Gasteiger partial charge in [-0.05, 0) is 79.1 Å². The lowest BCUT2D eigenvalue weighted by molar-refractivity contribution is 0.691. The number of nitrogens with zero attached hydrogens (tertiary/aromatic N) is 1. The molecule has 0 unspecified atom stereocenters. The van der Waals surface area contributed by atoms with E-state index in [4.69, 9.17) is 0 Å². The van der Waals surface area contributed by atoms with Crippen molar-refractivity contribution in [3.63, 3.8) is 0 Å². The van der Waals surface area contributed by atoms with Gasteiger partial charge >= 0.3 is 0 Å². The molecule has 158 valence electrons. The van der Waals surface area contributed by atoms with E-state index in [0.29, 0.717) is 0 Å². The minimum atomic E-state index is 0.866.